The Morgan fingerprint density at radius 2 is 1.16 bits per heavy atom. The summed E-state index contributed by atoms with van der Waals surface area (Å²) in [4.78, 5) is 85.1. The molecule has 0 unspecified atom stereocenters. The molecule has 2 amide bonds. The Balaban J connectivity index is 1.30. The number of imidazole rings is 1. The van der Waals surface area contributed by atoms with Crippen LogP contribution in [0.15, 0.2) is 152 Å². The van der Waals surface area contributed by atoms with Gasteiger partial charge in [-0.1, -0.05) is 186 Å². The lowest BCUT2D eigenvalue weighted by Gasteiger charge is -2.37. The minimum atomic E-state index is -1.46. The Labute approximate surface area is 412 Å². The number of aromatic nitrogens is 2. The molecule has 0 aliphatic carbocycles. The molecule has 70 heavy (non-hydrogen) atoms. The zero-order valence-corrected chi connectivity index (χ0v) is 40.8. The maximum absolute atomic E-state index is 14.6. The Bertz CT molecular complexity index is 2570. The summed E-state index contributed by atoms with van der Waals surface area (Å²) in [5, 5.41) is 15.1. The van der Waals surface area contributed by atoms with Crippen LogP contribution in [0.3, 0.4) is 0 Å². The number of unbranched alkanes of at least 4 members (excludes halogenated alkanes) is 3. The number of benzene rings is 5. The van der Waals surface area contributed by atoms with E-state index in [9.17, 15) is 33.9 Å². The average Bonchev–Trinajstić information content (AvgIpc) is 3.84. The summed E-state index contributed by atoms with van der Waals surface area (Å²) in [6.45, 7) is 6.98. The Hall–Kier alpha value is -7.27. The minimum absolute atomic E-state index is 0.0425. The van der Waals surface area contributed by atoms with Crippen LogP contribution >= 0.6 is 0 Å². The zero-order chi connectivity index (χ0) is 50.0. The SMILES string of the molecule is CCCCC[C@H](CC(=O)c1ccc(-c2ccc(CCCC)cc2)cc1)C(=O)N[C@@H](Cc1cn(C(c2ccccc2)(c2ccccc2)c2ccccc2)cn1)C(=O)C[C@@H](C)C(=O)N[C@@H](CC(C)=O)C(=O)O. The molecule has 11 nitrogen and oxygen atoms in total. The Morgan fingerprint density at radius 1 is 0.629 bits per heavy atom. The van der Waals surface area contributed by atoms with Gasteiger partial charge >= 0.3 is 5.97 Å². The number of carboxylic acids is 1. The van der Waals surface area contributed by atoms with Gasteiger partial charge in [0.25, 0.3) is 0 Å². The van der Waals surface area contributed by atoms with Crippen molar-refractivity contribution >= 4 is 35.1 Å². The lowest BCUT2D eigenvalue weighted by molar-refractivity contribution is -0.144. The molecule has 0 spiro atoms. The molecule has 0 fully saturated rings. The fourth-order valence-electron chi connectivity index (χ4n) is 9.12. The van der Waals surface area contributed by atoms with E-state index in [4.69, 9.17) is 4.98 Å². The van der Waals surface area contributed by atoms with Crippen LogP contribution in [0.4, 0.5) is 0 Å². The molecular weight excluding hydrogens is 877 g/mol. The van der Waals surface area contributed by atoms with Gasteiger partial charge in [0.1, 0.15) is 17.4 Å². The summed E-state index contributed by atoms with van der Waals surface area (Å²) in [6, 6.07) is 43.4. The molecule has 11 heteroatoms. The molecule has 1 aromatic heterocycles. The van der Waals surface area contributed by atoms with Crippen molar-refractivity contribution in [3.63, 3.8) is 0 Å². The number of aryl methyl sites for hydroxylation is 1. The topological polar surface area (TPSA) is 165 Å². The van der Waals surface area contributed by atoms with Crippen molar-refractivity contribution in [2.24, 2.45) is 11.8 Å². The van der Waals surface area contributed by atoms with E-state index >= 15 is 0 Å². The largest absolute Gasteiger partial charge is 0.480 e. The Morgan fingerprint density at radius 3 is 1.67 bits per heavy atom. The van der Waals surface area contributed by atoms with Crippen LogP contribution < -0.4 is 10.6 Å². The number of aliphatic carboxylic acids is 1. The first-order valence-corrected chi connectivity index (χ1v) is 24.6. The van der Waals surface area contributed by atoms with Crippen LogP contribution in [-0.2, 0) is 42.4 Å². The molecule has 0 radical (unpaired) electrons. The molecule has 4 atom stereocenters. The number of rotatable bonds is 27. The normalized spacial score (nSPS) is 13.1. The highest BCUT2D eigenvalue weighted by atomic mass is 16.4. The summed E-state index contributed by atoms with van der Waals surface area (Å²) in [5.41, 5.74) is 6.29. The van der Waals surface area contributed by atoms with Crippen molar-refractivity contribution in [3.8, 4) is 11.1 Å². The smallest absolute Gasteiger partial charge is 0.326 e. The van der Waals surface area contributed by atoms with E-state index in [1.54, 1.807) is 18.5 Å². The van der Waals surface area contributed by atoms with E-state index in [0.717, 1.165) is 59.9 Å². The summed E-state index contributed by atoms with van der Waals surface area (Å²) in [7, 11) is 0. The molecule has 5 aromatic carbocycles. The number of hydrogen-bond donors (Lipinski definition) is 3. The molecule has 3 N–H and O–H groups in total. The van der Waals surface area contributed by atoms with Crippen molar-refractivity contribution in [1.82, 2.24) is 20.2 Å². The molecule has 0 saturated carbocycles. The third kappa shape index (κ3) is 13.5. The first-order chi connectivity index (χ1) is 33.8. The predicted octanol–water partition coefficient (Wildman–Crippen LogP) is 10.4. The minimum Gasteiger partial charge on any atom is -0.480 e. The molecule has 0 aliphatic rings. The standard InChI is InChI=1S/C59H66N4O7/c1-5-7-12-20-47(37-54(65)46-33-31-45(32-34-46)44-29-27-43(28-30-44)19-8-6-2)57(68)61-52(55(66)35-41(3)56(67)62-53(58(69)70)36-42(4)64)38-51-39-63(40-60-51)59(48-21-13-9-14-22-48,49-23-15-10-16-24-49)50-25-17-11-18-26-50/h9-11,13-18,21-34,39-41,47,52-53H,5-8,12,19-20,35-38H2,1-4H3,(H,61,68)(H,62,67)(H,69,70)/t41-,47-,52+,53+/m1/s1. The van der Waals surface area contributed by atoms with Gasteiger partial charge in [0.2, 0.25) is 11.8 Å². The van der Waals surface area contributed by atoms with Crippen molar-refractivity contribution < 1.29 is 33.9 Å². The predicted molar refractivity (Wildman–Crippen MR) is 273 cm³/mol. The summed E-state index contributed by atoms with van der Waals surface area (Å²) >= 11 is 0. The third-order valence-corrected chi connectivity index (χ3v) is 13.0. The van der Waals surface area contributed by atoms with Crippen LogP contribution in [0.1, 0.15) is 124 Å². The highest BCUT2D eigenvalue weighted by molar-refractivity contribution is 6.00. The van der Waals surface area contributed by atoms with Gasteiger partial charge in [-0.05, 0) is 59.6 Å². The number of nitrogens with zero attached hydrogens (tertiary/aromatic N) is 2. The number of Topliss-reactive ketones (excluding diaryl/α,β-unsaturated/α-hetero) is 3. The third-order valence-electron chi connectivity index (χ3n) is 13.0. The van der Waals surface area contributed by atoms with Crippen LogP contribution in [0.25, 0.3) is 11.1 Å². The quantitative estimate of drug-likeness (QED) is 0.0261. The highest BCUT2D eigenvalue weighted by Crippen LogP contribution is 2.41. The highest BCUT2D eigenvalue weighted by Gasteiger charge is 2.39. The van der Waals surface area contributed by atoms with E-state index in [1.165, 1.54) is 19.4 Å². The fraction of sp³-hybridized carbons (Fsp3) is 0.339. The van der Waals surface area contributed by atoms with Gasteiger partial charge in [0.05, 0.1) is 18.1 Å². The summed E-state index contributed by atoms with van der Waals surface area (Å²) in [6.07, 6.45) is 8.89. The number of hydrogen-bond acceptors (Lipinski definition) is 7. The molecule has 0 aliphatic heterocycles. The maximum Gasteiger partial charge on any atom is 0.326 e. The van der Waals surface area contributed by atoms with Crippen LogP contribution in [0.5, 0.6) is 0 Å². The van der Waals surface area contributed by atoms with Gasteiger partial charge in [-0.3, -0.25) is 24.0 Å². The van der Waals surface area contributed by atoms with E-state index in [1.807, 2.05) is 77.5 Å². The van der Waals surface area contributed by atoms with E-state index in [2.05, 4.69) is 85.1 Å². The lowest BCUT2D eigenvalue weighted by Crippen LogP contribution is -2.48. The molecule has 0 bridgehead atoms. The molecule has 364 valence electrons. The van der Waals surface area contributed by atoms with Crippen molar-refractivity contribution in [2.45, 2.75) is 116 Å². The van der Waals surface area contributed by atoms with Crippen molar-refractivity contribution in [2.75, 3.05) is 0 Å². The number of carbonyl (C=O) groups is 6. The molecule has 6 aromatic rings. The first kappa shape index (κ1) is 52.1. The average molecular weight is 943 g/mol. The molecule has 1 heterocycles. The van der Waals surface area contributed by atoms with E-state index < -0.39 is 65.2 Å². The second-order valence-electron chi connectivity index (χ2n) is 18.4. The number of amides is 2. The van der Waals surface area contributed by atoms with E-state index in [-0.39, 0.29) is 25.0 Å². The van der Waals surface area contributed by atoms with Gasteiger partial charge in [-0.15, -0.1) is 0 Å². The molecule has 6 rings (SSSR count). The van der Waals surface area contributed by atoms with Gasteiger partial charge in [0, 0.05) is 49.3 Å². The number of ketones is 3. The number of nitrogens with one attached hydrogen (secondary N) is 2. The zero-order valence-electron chi connectivity index (χ0n) is 40.8. The second-order valence-corrected chi connectivity index (χ2v) is 18.4. The number of carboxylic acid groups (broad SMARTS) is 1. The Kier molecular flexibility index (Phi) is 18.9. The van der Waals surface area contributed by atoms with Gasteiger partial charge < -0.3 is 20.3 Å². The van der Waals surface area contributed by atoms with Crippen LogP contribution in [0.2, 0.25) is 0 Å². The van der Waals surface area contributed by atoms with Crippen molar-refractivity contribution in [1.29, 1.82) is 0 Å². The van der Waals surface area contributed by atoms with Crippen molar-refractivity contribution in [3.05, 3.63) is 186 Å². The van der Waals surface area contributed by atoms with Crippen LogP contribution in [0, 0.1) is 11.8 Å². The van der Waals surface area contributed by atoms with E-state index in [0.29, 0.717) is 24.1 Å². The van der Waals surface area contributed by atoms with Gasteiger partial charge in [-0.25, -0.2) is 9.78 Å². The second kappa shape index (κ2) is 25.4. The number of carbonyl (C=O) groups excluding carboxylic acids is 5. The maximum atomic E-state index is 14.6. The molecular formula is C59H66N4O7. The summed E-state index contributed by atoms with van der Waals surface area (Å²) in [5.74, 6) is -5.39. The monoisotopic (exact) mass is 942 g/mol. The lowest BCUT2D eigenvalue weighted by atomic mass is 9.77. The van der Waals surface area contributed by atoms with Gasteiger partial charge in [-0.2, -0.15) is 0 Å². The summed E-state index contributed by atoms with van der Waals surface area (Å²) < 4.78 is 2.02. The fourth-order valence-corrected chi connectivity index (χ4v) is 9.12. The first-order valence-electron chi connectivity index (χ1n) is 24.6. The van der Waals surface area contributed by atoms with Gasteiger partial charge in [0.15, 0.2) is 11.6 Å². The van der Waals surface area contributed by atoms with Crippen LogP contribution in [-0.4, -0.2) is 61.9 Å². The molecule has 0 saturated heterocycles.